The third-order valence-electron chi connectivity index (χ3n) is 4.54. The number of carbonyl (C=O) groups is 1. The van der Waals surface area contributed by atoms with E-state index < -0.39 is 0 Å². The van der Waals surface area contributed by atoms with Gasteiger partial charge >= 0.3 is 0 Å². The molecular formula is C20H17FN4O3. The zero-order valence-electron chi connectivity index (χ0n) is 14.9. The van der Waals surface area contributed by atoms with Crippen LogP contribution in [0.5, 0.6) is 5.75 Å². The lowest BCUT2D eigenvalue weighted by Crippen LogP contribution is -2.41. The maximum Gasteiger partial charge on any atom is 0.260 e. The molecule has 1 amide bonds. The number of benzene rings is 1. The Bertz CT molecular complexity index is 1050. The number of pyridine rings is 1. The van der Waals surface area contributed by atoms with E-state index in [-0.39, 0.29) is 30.4 Å². The molecule has 1 N–H and O–H groups in total. The van der Waals surface area contributed by atoms with Crippen LogP contribution in [-0.4, -0.2) is 38.9 Å². The maximum absolute atomic E-state index is 12.9. The number of hydrogen-bond acceptors (Lipinski definition) is 5. The number of carbonyl (C=O) groups excluding carboxylic acids is 1. The van der Waals surface area contributed by atoms with E-state index >= 15 is 0 Å². The summed E-state index contributed by atoms with van der Waals surface area (Å²) in [5, 5.41) is 0. The lowest BCUT2D eigenvalue weighted by atomic mass is 10.1. The smallest absolute Gasteiger partial charge is 0.260 e. The van der Waals surface area contributed by atoms with Crippen molar-refractivity contribution in [3.8, 4) is 17.1 Å². The van der Waals surface area contributed by atoms with Crippen LogP contribution in [-0.2, 0) is 17.8 Å². The van der Waals surface area contributed by atoms with Crippen LogP contribution in [0.4, 0.5) is 4.39 Å². The van der Waals surface area contributed by atoms with Crippen LogP contribution in [0.25, 0.3) is 11.4 Å². The van der Waals surface area contributed by atoms with E-state index in [0.29, 0.717) is 41.4 Å². The van der Waals surface area contributed by atoms with Crippen LogP contribution in [0.1, 0.15) is 11.3 Å². The molecule has 28 heavy (non-hydrogen) atoms. The highest BCUT2D eigenvalue weighted by Crippen LogP contribution is 2.18. The van der Waals surface area contributed by atoms with Crippen molar-refractivity contribution in [3.05, 3.63) is 76.2 Å². The first kappa shape index (κ1) is 17.8. The fourth-order valence-corrected chi connectivity index (χ4v) is 3.06. The Hall–Kier alpha value is -3.55. The van der Waals surface area contributed by atoms with E-state index in [4.69, 9.17) is 4.74 Å². The second kappa shape index (κ2) is 7.59. The van der Waals surface area contributed by atoms with Crippen LogP contribution in [0.15, 0.2) is 53.6 Å². The molecule has 0 spiro atoms. The standard InChI is InChI=1S/C20H17FN4O3/c21-14-3-5-15(6-4-14)28-12-18(26)25-9-7-16-17(11-25)23-19(24-20(16)27)13-2-1-8-22-10-13/h1-6,8,10H,7,9,11-12H2,(H,23,24,27). The van der Waals surface area contributed by atoms with Crippen LogP contribution in [0.2, 0.25) is 0 Å². The first-order valence-electron chi connectivity index (χ1n) is 8.79. The molecule has 3 heterocycles. The van der Waals surface area contributed by atoms with Gasteiger partial charge in [0.05, 0.1) is 12.2 Å². The van der Waals surface area contributed by atoms with Crippen molar-refractivity contribution >= 4 is 5.91 Å². The quantitative estimate of drug-likeness (QED) is 0.747. The minimum absolute atomic E-state index is 0.167. The number of nitrogens with zero attached hydrogens (tertiary/aromatic N) is 3. The van der Waals surface area contributed by atoms with Crippen molar-refractivity contribution in [1.82, 2.24) is 19.9 Å². The fourth-order valence-electron chi connectivity index (χ4n) is 3.06. The van der Waals surface area contributed by atoms with Crippen molar-refractivity contribution in [2.45, 2.75) is 13.0 Å². The van der Waals surface area contributed by atoms with E-state index in [1.165, 1.54) is 24.3 Å². The molecule has 0 fully saturated rings. The van der Waals surface area contributed by atoms with Crippen LogP contribution in [0.3, 0.4) is 0 Å². The number of nitrogens with one attached hydrogen (secondary N) is 1. The molecule has 0 unspecified atom stereocenters. The van der Waals surface area contributed by atoms with Gasteiger partial charge < -0.3 is 14.6 Å². The number of rotatable bonds is 4. The Morgan fingerprint density at radius 2 is 2.07 bits per heavy atom. The minimum atomic E-state index is -0.368. The predicted octanol–water partition coefficient (Wildman–Crippen LogP) is 1.93. The molecule has 0 bridgehead atoms. The number of ether oxygens (including phenoxy) is 1. The Morgan fingerprint density at radius 3 is 2.82 bits per heavy atom. The summed E-state index contributed by atoms with van der Waals surface area (Å²) >= 11 is 0. The Morgan fingerprint density at radius 1 is 1.25 bits per heavy atom. The molecule has 4 rings (SSSR count). The second-order valence-corrected chi connectivity index (χ2v) is 6.39. The molecule has 0 aliphatic carbocycles. The molecule has 2 aromatic heterocycles. The molecule has 0 atom stereocenters. The van der Waals surface area contributed by atoms with Gasteiger partial charge in [-0.2, -0.15) is 0 Å². The number of aromatic nitrogens is 3. The molecule has 7 nitrogen and oxygen atoms in total. The Balaban J connectivity index is 1.49. The number of halogens is 1. The van der Waals surface area contributed by atoms with Crippen molar-refractivity contribution in [2.24, 2.45) is 0 Å². The van der Waals surface area contributed by atoms with Crippen LogP contribution in [0, 0.1) is 5.82 Å². The van der Waals surface area contributed by atoms with Crippen LogP contribution < -0.4 is 10.3 Å². The van der Waals surface area contributed by atoms with Crippen molar-refractivity contribution in [2.75, 3.05) is 13.2 Å². The molecule has 0 radical (unpaired) electrons. The third-order valence-corrected chi connectivity index (χ3v) is 4.54. The van der Waals surface area contributed by atoms with Gasteiger partial charge in [-0.1, -0.05) is 0 Å². The molecule has 8 heteroatoms. The zero-order chi connectivity index (χ0) is 19.5. The number of H-pyrrole nitrogens is 1. The molecule has 1 aliphatic heterocycles. The highest BCUT2D eigenvalue weighted by molar-refractivity contribution is 5.78. The maximum atomic E-state index is 12.9. The fraction of sp³-hybridized carbons (Fsp3) is 0.200. The first-order valence-corrected chi connectivity index (χ1v) is 8.79. The summed E-state index contributed by atoms with van der Waals surface area (Å²) in [6.45, 7) is 0.480. The van der Waals surface area contributed by atoms with E-state index in [1.807, 2.05) is 0 Å². The molecule has 0 saturated heterocycles. The average molecular weight is 380 g/mol. The number of aromatic amines is 1. The second-order valence-electron chi connectivity index (χ2n) is 6.39. The molecule has 1 aromatic carbocycles. The topological polar surface area (TPSA) is 88.2 Å². The minimum Gasteiger partial charge on any atom is -0.484 e. The lowest BCUT2D eigenvalue weighted by Gasteiger charge is -2.27. The highest BCUT2D eigenvalue weighted by Gasteiger charge is 2.25. The zero-order valence-corrected chi connectivity index (χ0v) is 14.9. The lowest BCUT2D eigenvalue weighted by molar-refractivity contribution is -0.134. The van der Waals surface area contributed by atoms with Gasteiger partial charge in [0.15, 0.2) is 6.61 Å². The van der Waals surface area contributed by atoms with Gasteiger partial charge in [0.2, 0.25) is 0 Å². The van der Waals surface area contributed by atoms with Gasteiger partial charge in [0.1, 0.15) is 17.4 Å². The highest BCUT2D eigenvalue weighted by atomic mass is 19.1. The number of amides is 1. The molecule has 0 saturated carbocycles. The summed E-state index contributed by atoms with van der Waals surface area (Å²) in [6.07, 6.45) is 3.68. The Kier molecular flexibility index (Phi) is 4.84. The predicted molar refractivity (Wildman–Crippen MR) is 99.1 cm³/mol. The molecule has 3 aromatic rings. The monoisotopic (exact) mass is 380 g/mol. The van der Waals surface area contributed by atoms with Gasteiger partial charge in [0, 0.05) is 30.1 Å². The van der Waals surface area contributed by atoms with Crippen molar-refractivity contribution < 1.29 is 13.9 Å². The summed E-state index contributed by atoms with van der Waals surface area (Å²) in [4.78, 5) is 37.8. The molecule has 142 valence electrons. The van der Waals surface area contributed by atoms with E-state index in [0.717, 1.165) is 0 Å². The average Bonchev–Trinajstić information content (AvgIpc) is 2.73. The SMILES string of the molecule is O=C(COc1ccc(F)cc1)N1CCc2c(nc(-c3cccnc3)[nH]c2=O)C1. The van der Waals surface area contributed by atoms with Gasteiger partial charge in [-0.05, 0) is 42.8 Å². The van der Waals surface area contributed by atoms with E-state index in [9.17, 15) is 14.0 Å². The number of hydrogen-bond donors (Lipinski definition) is 1. The molecular weight excluding hydrogens is 363 g/mol. The normalized spacial score (nSPS) is 13.1. The molecule has 1 aliphatic rings. The summed E-state index contributed by atoms with van der Waals surface area (Å²) in [6, 6.07) is 9.04. The largest absolute Gasteiger partial charge is 0.484 e. The van der Waals surface area contributed by atoms with Crippen molar-refractivity contribution in [1.29, 1.82) is 0 Å². The first-order chi connectivity index (χ1) is 13.6. The summed E-state index contributed by atoms with van der Waals surface area (Å²) < 4.78 is 18.4. The van der Waals surface area contributed by atoms with Gasteiger partial charge in [-0.15, -0.1) is 0 Å². The van der Waals surface area contributed by atoms with E-state index in [2.05, 4.69) is 15.0 Å². The van der Waals surface area contributed by atoms with Crippen LogP contribution >= 0.6 is 0 Å². The third kappa shape index (κ3) is 3.75. The van der Waals surface area contributed by atoms with Gasteiger partial charge in [-0.25, -0.2) is 9.37 Å². The summed E-state index contributed by atoms with van der Waals surface area (Å²) in [7, 11) is 0. The van der Waals surface area contributed by atoms with E-state index in [1.54, 1.807) is 29.4 Å². The van der Waals surface area contributed by atoms with Crippen molar-refractivity contribution in [3.63, 3.8) is 0 Å². The van der Waals surface area contributed by atoms with Gasteiger partial charge in [0.25, 0.3) is 11.5 Å². The van der Waals surface area contributed by atoms with Gasteiger partial charge in [-0.3, -0.25) is 14.6 Å². The summed E-state index contributed by atoms with van der Waals surface area (Å²) in [5.74, 6) is 0.251. The summed E-state index contributed by atoms with van der Waals surface area (Å²) in [5.41, 5.74) is 1.67. The number of fused-ring (bicyclic) bond motifs is 1. The Labute approximate surface area is 159 Å².